The van der Waals surface area contributed by atoms with E-state index in [-0.39, 0.29) is 31.3 Å². The van der Waals surface area contributed by atoms with Gasteiger partial charge in [-0.15, -0.1) is 0 Å². The van der Waals surface area contributed by atoms with Crippen LogP contribution in [0.5, 0.6) is 23.0 Å². The van der Waals surface area contributed by atoms with Crippen molar-refractivity contribution in [1.82, 2.24) is 0 Å². The quantitative estimate of drug-likeness (QED) is 0.337. The summed E-state index contributed by atoms with van der Waals surface area (Å²) in [6, 6.07) is 20.8. The molecule has 0 radical (unpaired) electrons. The van der Waals surface area contributed by atoms with Crippen molar-refractivity contribution in [2.75, 3.05) is 32.3 Å². The number of ether oxygens (including phenoxy) is 4. The highest BCUT2D eigenvalue weighted by atomic mass is 16.5. The van der Waals surface area contributed by atoms with Crippen LogP contribution in [0.2, 0.25) is 0 Å². The van der Waals surface area contributed by atoms with Crippen LogP contribution < -0.4 is 19.1 Å². The van der Waals surface area contributed by atoms with E-state index >= 15 is 0 Å². The largest absolute Gasteiger partial charge is 0.497 e. The van der Waals surface area contributed by atoms with Crippen molar-refractivity contribution >= 4 is 23.3 Å². The lowest BCUT2D eigenvalue weighted by atomic mass is 10.1. The smallest absolute Gasteiger partial charge is 0.311 e. The molecule has 0 N–H and O–H groups in total. The average Bonchev–Trinajstić information content (AvgIpc) is 3.29. The fraction of sp³-hybridized carbons (Fsp3) is 0.222. The van der Waals surface area contributed by atoms with Gasteiger partial charge in [-0.3, -0.25) is 14.4 Å². The topological polar surface area (TPSA) is 91.4 Å². The Bertz CT molecular complexity index is 1200. The summed E-state index contributed by atoms with van der Waals surface area (Å²) >= 11 is 0. The normalized spacial score (nSPS) is 15.0. The predicted molar refractivity (Wildman–Crippen MR) is 128 cm³/mol. The summed E-state index contributed by atoms with van der Waals surface area (Å²) < 4.78 is 21.4. The minimum absolute atomic E-state index is 0.0228. The van der Waals surface area contributed by atoms with Crippen LogP contribution in [0, 0.1) is 5.92 Å². The zero-order chi connectivity index (χ0) is 24.8. The van der Waals surface area contributed by atoms with Gasteiger partial charge >= 0.3 is 5.97 Å². The number of benzene rings is 3. The number of carbonyl (C=O) groups is 3. The van der Waals surface area contributed by atoms with Crippen LogP contribution in [0.3, 0.4) is 0 Å². The van der Waals surface area contributed by atoms with Crippen LogP contribution in [-0.4, -0.2) is 45.0 Å². The minimum Gasteiger partial charge on any atom is -0.497 e. The maximum Gasteiger partial charge on any atom is 0.311 e. The molecule has 0 spiro atoms. The van der Waals surface area contributed by atoms with E-state index in [1.807, 2.05) is 12.1 Å². The van der Waals surface area contributed by atoms with Crippen LogP contribution in [0.1, 0.15) is 16.8 Å². The molecule has 4 rings (SSSR count). The standard InChI is InChI=1S/C27H25NO7/c1-32-21-11-7-18(8-12-21)23(29)17-34-27(31)19-15-26(30)28(16-19)20-9-13-22(14-10-20)35-25-6-4-3-5-24(25)33-2/h3-14,19H,15-17H2,1-2H3/t19-/m1/s1. The molecule has 1 atom stereocenters. The fourth-order valence-electron chi connectivity index (χ4n) is 3.75. The maximum atomic E-state index is 12.6. The molecule has 1 aliphatic heterocycles. The Kier molecular flexibility index (Phi) is 7.30. The molecule has 1 heterocycles. The van der Waals surface area contributed by atoms with Crippen molar-refractivity contribution in [2.45, 2.75) is 6.42 Å². The Balaban J connectivity index is 1.33. The first-order chi connectivity index (χ1) is 17.0. The second kappa shape index (κ2) is 10.7. The van der Waals surface area contributed by atoms with Crippen molar-refractivity contribution in [1.29, 1.82) is 0 Å². The third-order valence-electron chi connectivity index (χ3n) is 5.66. The van der Waals surface area contributed by atoms with E-state index in [2.05, 4.69) is 0 Å². The first-order valence-electron chi connectivity index (χ1n) is 11.0. The van der Waals surface area contributed by atoms with Gasteiger partial charge in [-0.1, -0.05) is 12.1 Å². The summed E-state index contributed by atoms with van der Waals surface area (Å²) in [4.78, 5) is 38.9. The van der Waals surface area contributed by atoms with E-state index in [1.54, 1.807) is 67.8 Å². The van der Waals surface area contributed by atoms with Crippen molar-refractivity contribution in [3.63, 3.8) is 0 Å². The molecule has 1 saturated heterocycles. The number of carbonyl (C=O) groups excluding carboxylic acids is 3. The molecule has 35 heavy (non-hydrogen) atoms. The Hall–Kier alpha value is -4.33. The molecule has 1 fully saturated rings. The molecular weight excluding hydrogens is 450 g/mol. The van der Waals surface area contributed by atoms with E-state index in [9.17, 15) is 14.4 Å². The molecule has 3 aromatic carbocycles. The lowest BCUT2D eigenvalue weighted by Gasteiger charge is -2.17. The highest BCUT2D eigenvalue weighted by Crippen LogP contribution is 2.33. The van der Waals surface area contributed by atoms with E-state index in [1.165, 1.54) is 12.0 Å². The van der Waals surface area contributed by atoms with Crippen LogP contribution in [-0.2, 0) is 14.3 Å². The van der Waals surface area contributed by atoms with Crippen LogP contribution >= 0.6 is 0 Å². The summed E-state index contributed by atoms with van der Waals surface area (Å²) in [7, 11) is 3.11. The Morgan fingerprint density at radius 2 is 1.51 bits per heavy atom. The van der Waals surface area contributed by atoms with Gasteiger partial charge in [-0.05, 0) is 60.7 Å². The monoisotopic (exact) mass is 475 g/mol. The van der Waals surface area contributed by atoms with E-state index in [0.29, 0.717) is 34.2 Å². The van der Waals surface area contributed by atoms with E-state index in [4.69, 9.17) is 18.9 Å². The summed E-state index contributed by atoms with van der Waals surface area (Å²) in [5.41, 5.74) is 1.06. The van der Waals surface area contributed by atoms with Gasteiger partial charge in [-0.25, -0.2) is 0 Å². The number of rotatable bonds is 9. The van der Waals surface area contributed by atoms with E-state index < -0.39 is 11.9 Å². The van der Waals surface area contributed by atoms with Gasteiger partial charge in [0.05, 0.1) is 20.1 Å². The van der Waals surface area contributed by atoms with Crippen molar-refractivity contribution in [3.8, 4) is 23.0 Å². The lowest BCUT2D eigenvalue weighted by molar-refractivity contribution is -0.147. The molecule has 3 aromatic rings. The third kappa shape index (κ3) is 5.60. The number of esters is 1. The number of anilines is 1. The van der Waals surface area contributed by atoms with Gasteiger partial charge < -0.3 is 23.8 Å². The second-order valence-corrected chi connectivity index (χ2v) is 7.91. The Morgan fingerprint density at radius 1 is 0.857 bits per heavy atom. The zero-order valence-electron chi connectivity index (χ0n) is 19.4. The minimum atomic E-state index is -0.643. The summed E-state index contributed by atoms with van der Waals surface area (Å²) in [6.45, 7) is -0.202. The number of amides is 1. The highest BCUT2D eigenvalue weighted by molar-refractivity contribution is 6.01. The van der Waals surface area contributed by atoms with Gasteiger partial charge in [0.25, 0.3) is 0 Å². The first kappa shape index (κ1) is 23.8. The Morgan fingerprint density at radius 3 is 2.17 bits per heavy atom. The second-order valence-electron chi connectivity index (χ2n) is 7.91. The fourth-order valence-corrected chi connectivity index (χ4v) is 3.75. The van der Waals surface area contributed by atoms with Gasteiger partial charge in [-0.2, -0.15) is 0 Å². The molecule has 0 unspecified atom stereocenters. The molecule has 0 bridgehead atoms. The van der Waals surface area contributed by atoms with Crippen molar-refractivity contribution in [3.05, 3.63) is 78.4 Å². The molecule has 1 aliphatic rings. The van der Waals surface area contributed by atoms with Gasteiger partial charge in [0, 0.05) is 24.2 Å². The third-order valence-corrected chi connectivity index (χ3v) is 5.66. The van der Waals surface area contributed by atoms with Gasteiger partial charge in [0.1, 0.15) is 11.5 Å². The summed E-state index contributed by atoms with van der Waals surface area (Å²) in [5.74, 6) is 0.666. The molecule has 180 valence electrons. The molecule has 8 nitrogen and oxygen atoms in total. The van der Waals surface area contributed by atoms with Gasteiger partial charge in [0.15, 0.2) is 23.9 Å². The molecule has 0 saturated carbocycles. The number of hydrogen-bond acceptors (Lipinski definition) is 7. The summed E-state index contributed by atoms with van der Waals surface area (Å²) in [6.07, 6.45) is 0.0228. The van der Waals surface area contributed by atoms with Gasteiger partial charge in [0.2, 0.25) is 5.91 Å². The number of ketones is 1. The zero-order valence-corrected chi connectivity index (χ0v) is 19.4. The molecule has 8 heteroatoms. The number of Topliss-reactive ketones (excluding diaryl/α,β-unsaturated/α-hetero) is 1. The molecular formula is C27H25NO7. The SMILES string of the molecule is COc1ccc(C(=O)COC(=O)[C@@H]2CC(=O)N(c3ccc(Oc4ccccc4OC)cc3)C2)cc1. The van der Waals surface area contributed by atoms with Crippen LogP contribution in [0.25, 0.3) is 0 Å². The number of nitrogens with zero attached hydrogens (tertiary/aromatic N) is 1. The molecule has 0 aliphatic carbocycles. The van der Waals surface area contributed by atoms with Crippen LogP contribution in [0.4, 0.5) is 5.69 Å². The summed E-state index contributed by atoms with van der Waals surface area (Å²) in [5, 5.41) is 0. The highest BCUT2D eigenvalue weighted by Gasteiger charge is 2.36. The average molecular weight is 475 g/mol. The predicted octanol–water partition coefficient (Wildman–Crippen LogP) is 4.28. The number of para-hydroxylation sites is 2. The maximum absolute atomic E-state index is 12.6. The molecule has 0 aromatic heterocycles. The van der Waals surface area contributed by atoms with Crippen molar-refractivity contribution < 1.29 is 33.3 Å². The Labute approximate surface area is 203 Å². The van der Waals surface area contributed by atoms with Crippen molar-refractivity contribution in [2.24, 2.45) is 5.92 Å². The lowest BCUT2D eigenvalue weighted by Crippen LogP contribution is -2.27. The van der Waals surface area contributed by atoms with E-state index in [0.717, 1.165) is 0 Å². The number of hydrogen-bond donors (Lipinski definition) is 0. The van der Waals surface area contributed by atoms with Crippen LogP contribution in [0.15, 0.2) is 72.8 Å². The number of methoxy groups -OCH3 is 2. The first-order valence-corrected chi connectivity index (χ1v) is 11.0. The molecule has 1 amide bonds.